The molecule has 0 spiro atoms. The van der Waals surface area contributed by atoms with Crippen LogP contribution in [0.3, 0.4) is 0 Å². The second kappa shape index (κ2) is 5.15. The molecule has 0 saturated heterocycles. The maximum absolute atomic E-state index is 13.5. The molecule has 0 aromatic heterocycles. The van der Waals surface area contributed by atoms with E-state index in [9.17, 15) is 9.50 Å². The quantitative estimate of drug-likeness (QED) is 0.844. The molecular formula is C14H20FNO. The van der Waals surface area contributed by atoms with E-state index in [2.05, 4.69) is 5.32 Å². The van der Waals surface area contributed by atoms with Crippen LogP contribution in [0.25, 0.3) is 0 Å². The summed E-state index contributed by atoms with van der Waals surface area (Å²) in [5.41, 5.74) is 0.0774. The van der Waals surface area contributed by atoms with Crippen LogP contribution in [0, 0.1) is 5.82 Å². The summed E-state index contributed by atoms with van der Waals surface area (Å²) in [5, 5.41) is 13.4. The summed E-state index contributed by atoms with van der Waals surface area (Å²) in [4.78, 5) is 0. The van der Waals surface area contributed by atoms with E-state index < -0.39 is 5.60 Å². The Morgan fingerprint density at radius 1 is 1.35 bits per heavy atom. The Balaban J connectivity index is 1.93. The molecule has 1 aliphatic carbocycles. The van der Waals surface area contributed by atoms with Gasteiger partial charge in [-0.15, -0.1) is 0 Å². The Morgan fingerprint density at radius 3 is 2.65 bits per heavy atom. The van der Waals surface area contributed by atoms with Gasteiger partial charge in [0, 0.05) is 18.2 Å². The van der Waals surface area contributed by atoms with E-state index in [1.54, 1.807) is 12.1 Å². The summed E-state index contributed by atoms with van der Waals surface area (Å²) in [6.07, 6.45) is 3.88. The van der Waals surface area contributed by atoms with Gasteiger partial charge in [0.1, 0.15) is 5.82 Å². The van der Waals surface area contributed by atoms with E-state index in [4.69, 9.17) is 0 Å². The Labute approximate surface area is 102 Å². The van der Waals surface area contributed by atoms with Crippen LogP contribution in [0.1, 0.15) is 44.2 Å². The zero-order valence-corrected chi connectivity index (χ0v) is 10.2. The maximum Gasteiger partial charge on any atom is 0.127 e. The van der Waals surface area contributed by atoms with Gasteiger partial charge in [-0.05, 0) is 25.8 Å². The molecule has 3 heteroatoms. The zero-order chi connectivity index (χ0) is 12.3. The number of hydrogen-bond donors (Lipinski definition) is 2. The number of halogens is 1. The summed E-state index contributed by atoms with van der Waals surface area (Å²) in [5.74, 6) is -0.189. The van der Waals surface area contributed by atoms with Crippen molar-refractivity contribution in [1.82, 2.24) is 5.32 Å². The van der Waals surface area contributed by atoms with Gasteiger partial charge in [0.25, 0.3) is 0 Å². The number of rotatable bonds is 4. The minimum absolute atomic E-state index is 0.0687. The summed E-state index contributed by atoms with van der Waals surface area (Å²) in [6.45, 7) is 2.47. The number of aliphatic hydroxyl groups is 1. The first-order chi connectivity index (χ1) is 8.11. The molecule has 1 fully saturated rings. The standard InChI is InChI=1S/C14H20FNO/c1-11(12-6-2-3-7-13(12)15)16-10-14(17)8-4-5-9-14/h2-3,6-7,11,16-17H,4-5,8-10H2,1H3. The minimum atomic E-state index is -0.584. The van der Waals surface area contributed by atoms with Gasteiger partial charge in [0.2, 0.25) is 0 Å². The predicted octanol–water partition coefficient (Wildman–Crippen LogP) is 2.78. The lowest BCUT2D eigenvalue weighted by Gasteiger charge is -2.25. The van der Waals surface area contributed by atoms with Crippen LogP contribution < -0.4 is 5.32 Å². The lowest BCUT2D eigenvalue weighted by Crippen LogP contribution is -2.39. The van der Waals surface area contributed by atoms with E-state index in [-0.39, 0.29) is 11.9 Å². The topological polar surface area (TPSA) is 32.3 Å². The summed E-state index contributed by atoms with van der Waals surface area (Å²) < 4.78 is 13.5. The van der Waals surface area contributed by atoms with Crippen LogP contribution in [0.5, 0.6) is 0 Å². The van der Waals surface area contributed by atoms with Crippen LogP contribution >= 0.6 is 0 Å². The van der Waals surface area contributed by atoms with E-state index in [1.165, 1.54) is 6.07 Å². The highest BCUT2D eigenvalue weighted by atomic mass is 19.1. The van der Waals surface area contributed by atoms with Gasteiger partial charge >= 0.3 is 0 Å². The average molecular weight is 237 g/mol. The molecule has 0 amide bonds. The first-order valence-corrected chi connectivity index (χ1v) is 6.31. The lowest BCUT2D eigenvalue weighted by molar-refractivity contribution is 0.0452. The van der Waals surface area contributed by atoms with Crippen LogP contribution in [0.4, 0.5) is 4.39 Å². The van der Waals surface area contributed by atoms with Crippen molar-refractivity contribution in [3.8, 4) is 0 Å². The normalized spacial score (nSPS) is 20.4. The largest absolute Gasteiger partial charge is 0.389 e. The number of benzene rings is 1. The number of nitrogens with one attached hydrogen (secondary N) is 1. The third-order valence-corrected chi connectivity index (χ3v) is 3.64. The fourth-order valence-electron chi connectivity index (χ4n) is 2.49. The monoisotopic (exact) mass is 237 g/mol. The first-order valence-electron chi connectivity index (χ1n) is 6.31. The molecule has 0 radical (unpaired) electrons. The average Bonchev–Trinajstić information content (AvgIpc) is 2.74. The SMILES string of the molecule is CC(NCC1(O)CCCC1)c1ccccc1F. The predicted molar refractivity (Wildman–Crippen MR) is 66.2 cm³/mol. The molecule has 0 bridgehead atoms. The third kappa shape index (κ3) is 3.05. The Morgan fingerprint density at radius 2 is 2.00 bits per heavy atom. The molecule has 1 aliphatic rings. The summed E-state index contributed by atoms with van der Waals surface area (Å²) in [7, 11) is 0. The molecular weight excluding hydrogens is 217 g/mol. The van der Waals surface area contributed by atoms with Gasteiger partial charge in [0.15, 0.2) is 0 Å². The van der Waals surface area contributed by atoms with Gasteiger partial charge in [-0.25, -0.2) is 4.39 Å². The van der Waals surface area contributed by atoms with Crippen molar-refractivity contribution in [2.24, 2.45) is 0 Å². The number of hydrogen-bond acceptors (Lipinski definition) is 2. The van der Waals surface area contributed by atoms with E-state index >= 15 is 0 Å². The van der Waals surface area contributed by atoms with Crippen molar-refractivity contribution in [1.29, 1.82) is 0 Å². The zero-order valence-electron chi connectivity index (χ0n) is 10.2. The summed E-state index contributed by atoms with van der Waals surface area (Å²) >= 11 is 0. The molecule has 2 rings (SSSR count). The molecule has 1 aromatic carbocycles. The first kappa shape index (κ1) is 12.5. The fraction of sp³-hybridized carbons (Fsp3) is 0.571. The molecule has 1 unspecified atom stereocenters. The van der Waals surface area contributed by atoms with Crippen LogP contribution in [-0.2, 0) is 0 Å². The lowest BCUT2D eigenvalue weighted by atomic mass is 10.0. The molecule has 1 aromatic rings. The molecule has 94 valence electrons. The highest BCUT2D eigenvalue weighted by Gasteiger charge is 2.31. The molecule has 2 nitrogen and oxygen atoms in total. The molecule has 17 heavy (non-hydrogen) atoms. The second-order valence-corrected chi connectivity index (χ2v) is 5.06. The highest BCUT2D eigenvalue weighted by molar-refractivity contribution is 5.20. The van der Waals surface area contributed by atoms with Gasteiger partial charge in [-0.1, -0.05) is 31.0 Å². The van der Waals surface area contributed by atoms with Crippen molar-refractivity contribution in [2.75, 3.05) is 6.54 Å². The Bertz CT molecular complexity index is 374. The van der Waals surface area contributed by atoms with Gasteiger partial charge in [-0.3, -0.25) is 0 Å². The van der Waals surface area contributed by atoms with Crippen molar-refractivity contribution >= 4 is 0 Å². The van der Waals surface area contributed by atoms with E-state index in [0.29, 0.717) is 12.1 Å². The van der Waals surface area contributed by atoms with Crippen LogP contribution in [-0.4, -0.2) is 17.3 Å². The minimum Gasteiger partial charge on any atom is -0.389 e. The van der Waals surface area contributed by atoms with Crippen LogP contribution in [0.2, 0.25) is 0 Å². The Kier molecular flexibility index (Phi) is 3.79. The molecule has 0 heterocycles. The van der Waals surface area contributed by atoms with Crippen molar-refractivity contribution in [3.05, 3.63) is 35.6 Å². The fourth-order valence-corrected chi connectivity index (χ4v) is 2.49. The Hall–Kier alpha value is -0.930. The maximum atomic E-state index is 13.5. The van der Waals surface area contributed by atoms with Crippen LogP contribution in [0.15, 0.2) is 24.3 Å². The highest BCUT2D eigenvalue weighted by Crippen LogP contribution is 2.29. The molecule has 1 saturated carbocycles. The van der Waals surface area contributed by atoms with Crippen molar-refractivity contribution in [3.63, 3.8) is 0 Å². The molecule has 1 atom stereocenters. The smallest absolute Gasteiger partial charge is 0.127 e. The van der Waals surface area contributed by atoms with Gasteiger partial charge in [0.05, 0.1) is 5.60 Å². The van der Waals surface area contributed by atoms with E-state index in [1.807, 2.05) is 13.0 Å². The van der Waals surface area contributed by atoms with Crippen molar-refractivity contribution in [2.45, 2.75) is 44.2 Å². The van der Waals surface area contributed by atoms with Gasteiger partial charge < -0.3 is 10.4 Å². The summed E-state index contributed by atoms with van der Waals surface area (Å²) in [6, 6.07) is 6.71. The molecule has 0 aliphatic heterocycles. The molecule has 2 N–H and O–H groups in total. The van der Waals surface area contributed by atoms with Crippen molar-refractivity contribution < 1.29 is 9.50 Å². The van der Waals surface area contributed by atoms with Gasteiger partial charge in [-0.2, -0.15) is 0 Å². The third-order valence-electron chi connectivity index (χ3n) is 3.64. The second-order valence-electron chi connectivity index (χ2n) is 5.06. The van der Waals surface area contributed by atoms with E-state index in [0.717, 1.165) is 25.7 Å².